The summed E-state index contributed by atoms with van der Waals surface area (Å²) >= 11 is 0. The van der Waals surface area contributed by atoms with E-state index in [0.717, 1.165) is 45.2 Å². The van der Waals surface area contributed by atoms with Gasteiger partial charge in [0.25, 0.3) is 0 Å². The summed E-state index contributed by atoms with van der Waals surface area (Å²) in [5.41, 5.74) is 5.22. The van der Waals surface area contributed by atoms with Crippen molar-refractivity contribution in [1.82, 2.24) is 14.1 Å². The summed E-state index contributed by atoms with van der Waals surface area (Å²) < 4.78 is 10.7. The summed E-state index contributed by atoms with van der Waals surface area (Å²) in [5.74, 6) is 2.55. The van der Waals surface area contributed by atoms with E-state index in [-0.39, 0.29) is 0 Å². The van der Waals surface area contributed by atoms with Crippen LogP contribution in [0.25, 0.3) is 44.5 Å². The Morgan fingerprint density at radius 2 is 1.24 bits per heavy atom. The molecule has 0 fully saturated rings. The number of hydrogen-bond acceptors (Lipinski definition) is 2. The summed E-state index contributed by atoms with van der Waals surface area (Å²) in [6.45, 7) is 0. The number of imidazole rings is 1. The molecule has 0 atom stereocenters. The molecular weight excluding hydrogens is 358 g/mol. The van der Waals surface area contributed by atoms with Gasteiger partial charge in [-0.1, -0.05) is 54.6 Å². The van der Waals surface area contributed by atoms with Crippen LogP contribution in [0, 0.1) is 0 Å². The van der Waals surface area contributed by atoms with Crippen LogP contribution in [0.4, 0.5) is 0 Å². The highest BCUT2D eigenvalue weighted by molar-refractivity contribution is 6.09. The van der Waals surface area contributed by atoms with E-state index in [1.54, 1.807) is 0 Å². The summed E-state index contributed by atoms with van der Waals surface area (Å²) in [4.78, 5) is 5.07. The Hall–Kier alpha value is -4.05. The van der Waals surface area contributed by atoms with Crippen molar-refractivity contribution in [1.29, 1.82) is 0 Å². The Morgan fingerprint density at radius 1 is 0.586 bits per heavy atom. The van der Waals surface area contributed by atoms with Crippen LogP contribution in [0.15, 0.2) is 91.0 Å². The van der Waals surface area contributed by atoms with E-state index < -0.39 is 0 Å². The minimum Gasteiger partial charge on any atom is -0.453 e. The second-order valence-electron chi connectivity index (χ2n) is 7.31. The smallest absolute Gasteiger partial charge is 0.220 e. The van der Waals surface area contributed by atoms with Gasteiger partial charge >= 0.3 is 0 Å². The molecular formula is C25H15N3O. The van der Waals surface area contributed by atoms with Gasteiger partial charge in [-0.3, -0.25) is 9.13 Å². The first kappa shape index (κ1) is 14.9. The van der Waals surface area contributed by atoms with Gasteiger partial charge in [-0.25, -0.2) is 4.98 Å². The van der Waals surface area contributed by atoms with Crippen molar-refractivity contribution in [3.8, 4) is 23.1 Å². The number of rotatable bonds is 1. The zero-order chi connectivity index (χ0) is 18.9. The Balaban J connectivity index is 1.72. The molecule has 4 aromatic carbocycles. The molecule has 4 heteroatoms. The molecule has 0 unspecified atom stereocenters. The van der Waals surface area contributed by atoms with E-state index in [1.807, 2.05) is 36.4 Å². The second-order valence-corrected chi connectivity index (χ2v) is 7.31. The number of hydrogen-bond donors (Lipinski definition) is 0. The highest BCUT2D eigenvalue weighted by Gasteiger charge is 2.26. The number of nitrogens with zero attached hydrogens (tertiary/aromatic N) is 3. The van der Waals surface area contributed by atoms with Gasteiger partial charge in [-0.2, -0.15) is 0 Å². The molecule has 4 nitrogen and oxygen atoms in total. The van der Waals surface area contributed by atoms with Crippen LogP contribution >= 0.6 is 0 Å². The van der Waals surface area contributed by atoms with Crippen molar-refractivity contribution >= 4 is 32.8 Å². The van der Waals surface area contributed by atoms with Gasteiger partial charge in [0.2, 0.25) is 5.95 Å². The monoisotopic (exact) mass is 373 g/mol. The molecule has 0 amide bonds. The SMILES string of the molecule is c1ccc2c(c1)Oc1cccc3nc(-n4c5ccccc5c5ccccc54)n-2c13. The Labute approximate surface area is 166 Å². The van der Waals surface area contributed by atoms with Gasteiger partial charge < -0.3 is 4.74 Å². The summed E-state index contributed by atoms with van der Waals surface area (Å²) in [6, 6.07) is 31.2. The Kier molecular flexibility index (Phi) is 2.71. The summed E-state index contributed by atoms with van der Waals surface area (Å²) in [5, 5.41) is 2.45. The fourth-order valence-electron chi connectivity index (χ4n) is 4.53. The standard InChI is InChI=1S/C25H15N3O/c1-3-11-19-16(8-1)17-9-2-4-12-20(17)27(19)25-26-18-10-7-15-23-24(18)28(25)21-13-5-6-14-22(21)29-23/h1-15H. The molecule has 0 bridgehead atoms. The molecule has 136 valence electrons. The van der Waals surface area contributed by atoms with E-state index in [2.05, 4.69) is 63.7 Å². The number of aromatic nitrogens is 3. The van der Waals surface area contributed by atoms with Gasteiger partial charge in [-0.05, 0) is 36.4 Å². The molecule has 29 heavy (non-hydrogen) atoms. The van der Waals surface area contributed by atoms with E-state index in [9.17, 15) is 0 Å². The fourth-order valence-corrected chi connectivity index (χ4v) is 4.53. The largest absolute Gasteiger partial charge is 0.453 e. The van der Waals surface area contributed by atoms with E-state index >= 15 is 0 Å². The Morgan fingerprint density at radius 3 is 2.03 bits per heavy atom. The van der Waals surface area contributed by atoms with Gasteiger partial charge in [0.1, 0.15) is 5.52 Å². The molecule has 2 aromatic heterocycles. The van der Waals surface area contributed by atoms with Crippen LogP contribution in [-0.2, 0) is 0 Å². The Bertz CT molecular complexity index is 1540. The molecule has 0 radical (unpaired) electrons. The van der Waals surface area contributed by atoms with Crippen molar-refractivity contribution in [2.75, 3.05) is 0 Å². The molecule has 0 saturated carbocycles. The van der Waals surface area contributed by atoms with Crippen molar-refractivity contribution < 1.29 is 4.74 Å². The van der Waals surface area contributed by atoms with Gasteiger partial charge in [0, 0.05) is 10.8 Å². The zero-order valence-electron chi connectivity index (χ0n) is 15.4. The lowest BCUT2D eigenvalue weighted by Gasteiger charge is -2.21. The fraction of sp³-hybridized carbons (Fsp3) is 0. The summed E-state index contributed by atoms with van der Waals surface area (Å²) in [7, 11) is 0. The van der Waals surface area contributed by atoms with Crippen molar-refractivity contribution in [2.45, 2.75) is 0 Å². The molecule has 0 saturated heterocycles. The predicted molar refractivity (Wildman–Crippen MR) is 115 cm³/mol. The molecule has 7 rings (SSSR count). The zero-order valence-corrected chi connectivity index (χ0v) is 15.4. The van der Waals surface area contributed by atoms with Crippen LogP contribution < -0.4 is 4.74 Å². The van der Waals surface area contributed by atoms with Crippen LogP contribution in [0.1, 0.15) is 0 Å². The lowest BCUT2D eigenvalue weighted by atomic mass is 10.2. The van der Waals surface area contributed by atoms with E-state index in [0.29, 0.717) is 0 Å². The van der Waals surface area contributed by atoms with Crippen LogP contribution in [0.5, 0.6) is 11.5 Å². The second kappa shape index (κ2) is 5.26. The van der Waals surface area contributed by atoms with Gasteiger partial charge in [0.05, 0.1) is 22.2 Å². The molecule has 6 aromatic rings. The predicted octanol–water partition coefficient (Wildman–Crippen LogP) is 6.23. The highest BCUT2D eigenvalue weighted by Crippen LogP contribution is 2.43. The number of para-hydroxylation sites is 5. The number of benzene rings is 4. The van der Waals surface area contributed by atoms with Gasteiger partial charge in [0.15, 0.2) is 11.5 Å². The maximum Gasteiger partial charge on any atom is 0.220 e. The maximum absolute atomic E-state index is 6.19. The quantitative estimate of drug-likeness (QED) is 0.342. The first-order valence-corrected chi connectivity index (χ1v) is 9.67. The average Bonchev–Trinajstić information content (AvgIpc) is 3.31. The van der Waals surface area contributed by atoms with Crippen molar-refractivity contribution in [3.05, 3.63) is 91.0 Å². The van der Waals surface area contributed by atoms with E-state index in [4.69, 9.17) is 9.72 Å². The lowest BCUT2D eigenvalue weighted by molar-refractivity contribution is 0.475. The van der Waals surface area contributed by atoms with Crippen LogP contribution in [0.3, 0.4) is 0 Å². The molecule has 3 heterocycles. The first-order chi connectivity index (χ1) is 14.4. The van der Waals surface area contributed by atoms with E-state index in [1.165, 1.54) is 10.8 Å². The van der Waals surface area contributed by atoms with Crippen LogP contribution in [-0.4, -0.2) is 14.1 Å². The molecule has 1 aliphatic rings. The number of fused-ring (bicyclic) bond motifs is 5. The minimum atomic E-state index is 0.834. The summed E-state index contributed by atoms with van der Waals surface area (Å²) in [6.07, 6.45) is 0. The topological polar surface area (TPSA) is 32.0 Å². The average molecular weight is 373 g/mol. The number of ether oxygens (including phenoxy) is 1. The molecule has 0 spiro atoms. The highest BCUT2D eigenvalue weighted by atomic mass is 16.5. The third kappa shape index (κ3) is 1.85. The van der Waals surface area contributed by atoms with Crippen molar-refractivity contribution in [2.24, 2.45) is 0 Å². The van der Waals surface area contributed by atoms with Crippen molar-refractivity contribution in [3.63, 3.8) is 0 Å². The molecule has 0 N–H and O–H groups in total. The third-order valence-corrected chi connectivity index (χ3v) is 5.73. The first-order valence-electron chi connectivity index (χ1n) is 9.67. The lowest BCUT2D eigenvalue weighted by Crippen LogP contribution is -2.09. The minimum absolute atomic E-state index is 0.834. The maximum atomic E-state index is 6.19. The van der Waals surface area contributed by atoms with Gasteiger partial charge in [-0.15, -0.1) is 0 Å². The molecule has 1 aliphatic heterocycles. The normalized spacial score (nSPS) is 12.4. The molecule has 0 aliphatic carbocycles. The third-order valence-electron chi connectivity index (χ3n) is 5.73. The van der Waals surface area contributed by atoms with Crippen LogP contribution in [0.2, 0.25) is 0 Å².